The molecule has 0 saturated carbocycles. The van der Waals surface area contributed by atoms with E-state index >= 15 is 0 Å². The largest absolute Gasteiger partial charge is 0.389 e. The fourth-order valence-corrected chi connectivity index (χ4v) is 2.18. The summed E-state index contributed by atoms with van der Waals surface area (Å²) in [5.74, 6) is 0.659. The second-order valence-electron chi connectivity index (χ2n) is 4.73. The number of hydrogen-bond donors (Lipinski definition) is 2. The van der Waals surface area contributed by atoms with E-state index in [1.54, 1.807) is 6.07 Å². The van der Waals surface area contributed by atoms with Gasteiger partial charge in [-0.3, -0.25) is 0 Å². The fourth-order valence-electron chi connectivity index (χ4n) is 1.82. The van der Waals surface area contributed by atoms with Gasteiger partial charge in [0, 0.05) is 11.6 Å². The zero-order valence-electron chi connectivity index (χ0n) is 10.5. The summed E-state index contributed by atoms with van der Waals surface area (Å²) >= 11 is 11.1. The number of halogens is 1. The van der Waals surface area contributed by atoms with Gasteiger partial charge in [0.25, 0.3) is 0 Å². The third-order valence-corrected chi connectivity index (χ3v) is 3.03. The normalized spacial score (nSPS) is 12.5. The molecule has 4 heteroatoms. The third-order valence-electron chi connectivity index (χ3n) is 2.48. The molecule has 0 aromatic heterocycles. The van der Waals surface area contributed by atoms with Crippen LogP contribution in [0.25, 0.3) is 0 Å². The van der Waals surface area contributed by atoms with Gasteiger partial charge >= 0.3 is 0 Å². The quantitative estimate of drug-likeness (QED) is 0.799. The van der Waals surface area contributed by atoms with Gasteiger partial charge in [0.1, 0.15) is 4.99 Å². The van der Waals surface area contributed by atoms with E-state index in [4.69, 9.17) is 29.6 Å². The molecular weight excluding hydrogens is 252 g/mol. The summed E-state index contributed by atoms with van der Waals surface area (Å²) in [4.78, 5) is 0.369. The van der Waals surface area contributed by atoms with Crippen molar-refractivity contribution < 1.29 is 0 Å². The number of nitrogens with two attached hydrogens (primary N) is 1. The Bertz CT molecular complexity index is 404. The van der Waals surface area contributed by atoms with E-state index in [2.05, 4.69) is 26.1 Å². The van der Waals surface area contributed by atoms with Gasteiger partial charge in [-0.15, -0.1) is 0 Å². The zero-order chi connectivity index (χ0) is 13.0. The van der Waals surface area contributed by atoms with Crippen molar-refractivity contribution >= 4 is 34.5 Å². The molecule has 1 unspecified atom stereocenters. The molecule has 0 radical (unpaired) electrons. The van der Waals surface area contributed by atoms with Crippen molar-refractivity contribution in [2.75, 3.05) is 5.32 Å². The highest BCUT2D eigenvalue weighted by Crippen LogP contribution is 2.24. The van der Waals surface area contributed by atoms with Crippen molar-refractivity contribution in [3.8, 4) is 0 Å². The lowest BCUT2D eigenvalue weighted by atomic mass is 10.0. The van der Waals surface area contributed by atoms with Gasteiger partial charge in [-0.25, -0.2) is 0 Å². The average Bonchev–Trinajstić information content (AvgIpc) is 2.19. The van der Waals surface area contributed by atoms with Gasteiger partial charge in [-0.2, -0.15) is 0 Å². The molecule has 1 atom stereocenters. The maximum Gasteiger partial charge on any atom is 0.104 e. The molecule has 0 spiro atoms. The standard InChI is InChI=1S/C13H19ClN2S/c1-8(2)6-9(3)16-12-5-4-10(13(15)17)7-11(12)14/h4-5,7-9,16H,6H2,1-3H3,(H2,15,17). The van der Waals surface area contributed by atoms with E-state index in [0.717, 1.165) is 17.7 Å². The molecule has 0 aliphatic rings. The highest BCUT2D eigenvalue weighted by Gasteiger charge is 2.08. The Balaban J connectivity index is 2.75. The van der Waals surface area contributed by atoms with Crippen LogP contribution in [0, 0.1) is 5.92 Å². The fraction of sp³-hybridized carbons (Fsp3) is 0.462. The van der Waals surface area contributed by atoms with Crippen molar-refractivity contribution in [1.29, 1.82) is 0 Å². The van der Waals surface area contributed by atoms with Crippen LogP contribution in [0.1, 0.15) is 32.8 Å². The third kappa shape index (κ3) is 4.52. The number of thiocarbonyl (C=S) groups is 1. The molecule has 0 aliphatic carbocycles. The van der Waals surface area contributed by atoms with Gasteiger partial charge in [0.15, 0.2) is 0 Å². The van der Waals surface area contributed by atoms with E-state index in [1.807, 2.05) is 12.1 Å². The lowest BCUT2D eigenvalue weighted by Crippen LogP contribution is -2.18. The molecule has 0 amide bonds. The molecule has 0 fully saturated rings. The van der Waals surface area contributed by atoms with Crippen LogP contribution >= 0.6 is 23.8 Å². The van der Waals surface area contributed by atoms with E-state index in [0.29, 0.717) is 22.0 Å². The van der Waals surface area contributed by atoms with Crippen LogP contribution in [-0.4, -0.2) is 11.0 Å². The minimum Gasteiger partial charge on any atom is -0.389 e. The number of nitrogens with one attached hydrogen (secondary N) is 1. The molecule has 1 aromatic carbocycles. The van der Waals surface area contributed by atoms with Crippen LogP contribution in [0.5, 0.6) is 0 Å². The van der Waals surface area contributed by atoms with Crippen molar-refractivity contribution in [3.63, 3.8) is 0 Å². The first-order chi connectivity index (χ1) is 7.90. The molecule has 2 nitrogen and oxygen atoms in total. The SMILES string of the molecule is CC(C)CC(C)Nc1ccc(C(N)=S)cc1Cl. The molecule has 17 heavy (non-hydrogen) atoms. The predicted molar refractivity (Wildman–Crippen MR) is 79.9 cm³/mol. The number of hydrogen-bond acceptors (Lipinski definition) is 2. The van der Waals surface area contributed by atoms with E-state index in [-0.39, 0.29) is 0 Å². The summed E-state index contributed by atoms with van der Waals surface area (Å²) in [6, 6.07) is 6.00. The monoisotopic (exact) mass is 270 g/mol. The number of anilines is 1. The minimum absolute atomic E-state index is 0.369. The van der Waals surface area contributed by atoms with Gasteiger partial charge < -0.3 is 11.1 Å². The Labute approximate surface area is 114 Å². The topological polar surface area (TPSA) is 38.0 Å². The molecule has 0 aliphatic heterocycles. The van der Waals surface area contributed by atoms with Crippen molar-refractivity contribution in [2.24, 2.45) is 11.7 Å². The molecule has 1 rings (SSSR count). The first-order valence-electron chi connectivity index (χ1n) is 5.76. The van der Waals surface area contributed by atoms with Crippen LogP contribution in [0.15, 0.2) is 18.2 Å². The van der Waals surface area contributed by atoms with Crippen molar-refractivity contribution in [3.05, 3.63) is 28.8 Å². The molecule has 0 heterocycles. The Morgan fingerprint density at radius 3 is 2.53 bits per heavy atom. The van der Waals surface area contributed by atoms with E-state index in [9.17, 15) is 0 Å². The highest BCUT2D eigenvalue weighted by atomic mass is 35.5. The first-order valence-corrected chi connectivity index (χ1v) is 6.54. The summed E-state index contributed by atoms with van der Waals surface area (Å²) in [5.41, 5.74) is 7.28. The van der Waals surface area contributed by atoms with Crippen LogP contribution in [0.2, 0.25) is 5.02 Å². The maximum absolute atomic E-state index is 6.18. The van der Waals surface area contributed by atoms with Crippen molar-refractivity contribution in [1.82, 2.24) is 0 Å². The second-order valence-corrected chi connectivity index (χ2v) is 5.58. The van der Waals surface area contributed by atoms with Gasteiger partial charge in [-0.05, 0) is 37.5 Å². The molecule has 0 bridgehead atoms. The van der Waals surface area contributed by atoms with E-state index < -0.39 is 0 Å². The summed E-state index contributed by atoms with van der Waals surface area (Å²) in [7, 11) is 0. The van der Waals surface area contributed by atoms with Crippen molar-refractivity contribution in [2.45, 2.75) is 33.2 Å². The lowest BCUT2D eigenvalue weighted by Gasteiger charge is -2.18. The smallest absolute Gasteiger partial charge is 0.104 e. The van der Waals surface area contributed by atoms with Crippen LogP contribution in [0.4, 0.5) is 5.69 Å². The molecule has 0 saturated heterocycles. The number of benzene rings is 1. The maximum atomic E-state index is 6.18. The summed E-state index contributed by atoms with van der Waals surface area (Å²) in [5, 5.41) is 4.05. The summed E-state index contributed by atoms with van der Waals surface area (Å²) < 4.78 is 0. The summed E-state index contributed by atoms with van der Waals surface area (Å²) in [6.45, 7) is 6.56. The molecule has 3 N–H and O–H groups in total. The van der Waals surface area contributed by atoms with Crippen LogP contribution < -0.4 is 11.1 Å². The average molecular weight is 271 g/mol. The first kappa shape index (κ1) is 14.3. The Kier molecular flexibility index (Phi) is 5.22. The highest BCUT2D eigenvalue weighted by molar-refractivity contribution is 7.80. The zero-order valence-corrected chi connectivity index (χ0v) is 12.0. The Morgan fingerprint density at radius 1 is 1.41 bits per heavy atom. The lowest BCUT2D eigenvalue weighted by molar-refractivity contribution is 0.540. The van der Waals surface area contributed by atoms with Crippen LogP contribution in [-0.2, 0) is 0 Å². The van der Waals surface area contributed by atoms with Gasteiger partial charge in [0.2, 0.25) is 0 Å². The Hall–Kier alpha value is -0.800. The van der Waals surface area contributed by atoms with Gasteiger partial charge in [-0.1, -0.05) is 37.7 Å². The predicted octanol–water partition coefficient (Wildman–Crippen LogP) is 3.82. The summed E-state index contributed by atoms with van der Waals surface area (Å²) in [6.07, 6.45) is 1.10. The molecule has 94 valence electrons. The molecular formula is C13H19ClN2S. The molecule has 1 aromatic rings. The van der Waals surface area contributed by atoms with Crippen LogP contribution in [0.3, 0.4) is 0 Å². The van der Waals surface area contributed by atoms with E-state index in [1.165, 1.54) is 0 Å². The second kappa shape index (κ2) is 6.22. The minimum atomic E-state index is 0.369. The Morgan fingerprint density at radius 2 is 2.06 bits per heavy atom. The van der Waals surface area contributed by atoms with Gasteiger partial charge in [0.05, 0.1) is 10.7 Å². The number of rotatable bonds is 5.